The van der Waals surface area contributed by atoms with Crippen molar-refractivity contribution in [3.8, 4) is 5.75 Å². The molecule has 2 aliphatic rings. The van der Waals surface area contributed by atoms with Gasteiger partial charge < -0.3 is 19.7 Å². The van der Waals surface area contributed by atoms with E-state index in [1.165, 1.54) is 19.2 Å². The van der Waals surface area contributed by atoms with Crippen LogP contribution in [0.5, 0.6) is 5.75 Å². The van der Waals surface area contributed by atoms with Crippen molar-refractivity contribution in [3.05, 3.63) is 29.6 Å². The van der Waals surface area contributed by atoms with Crippen LogP contribution in [0, 0.1) is 11.7 Å². The molecular weight excluding hydrogens is 295 g/mol. The molecule has 2 aliphatic heterocycles. The van der Waals surface area contributed by atoms with E-state index in [2.05, 4.69) is 5.32 Å². The Kier molecular flexibility index (Phi) is 3.05. The van der Waals surface area contributed by atoms with Gasteiger partial charge in [-0.1, -0.05) is 0 Å². The third-order valence-electron chi connectivity index (χ3n) is 4.24. The maximum absolute atomic E-state index is 13.6. The second-order valence-corrected chi connectivity index (χ2v) is 5.71. The molecule has 1 aromatic rings. The van der Waals surface area contributed by atoms with Crippen LogP contribution in [0.1, 0.15) is 18.5 Å². The summed E-state index contributed by atoms with van der Waals surface area (Å²) in [6.45, 7) is 1.78. The topological polar surface area (TPSA) is 50.8 Å². The largest absolute Gasteiger partial charge is 0.469 e. The molecule has 0 saturated carbocycles. The average Bonchev–Trinajstić information content (AvgIpc) is 2.45. The number of benzene rings is 1. The summed E-state index contributed by atoms with van der Waals surface area (Å²) >= 11 is 5.28. The Hall–Kier alpha value is -1.89. The highest BCUT2D eigenvalue weighted by Gasteiger charge is 2.58. The minimum absolute atomic E-state index is 0.392. The van der Waals surface area contributed by atoms with E-state index in [4.69, 9.17) is 21.7 Å². The molecule has 21 heavy (non-hydrogen) atoms. The second-order valence-electron chi connectivity index (χ2n) is 5.33. The molecule has 1 aromatic carbocycles. The van der Waals surface area contributed by atoms with Crippen molar-refractivity contribution in [1.82, 2.24) is 10.2 Å². The maximum Gasteiger partial charge on any atom is 0.317 e. The van der Waals surface area contributed by atoms with Crippen LogP contribution in [-0.2, 0) is 9.53 Å². The number of rotatable bonds is 1. The zero-order valence-corrected chi connectivity index (χ0v) is 12.7. The summed E-state index contributed by atoms with van der Waals surface area (Å²) in [5.41, 5.74) is -0.413. The number of hydrogen-bond acceptors (Lipinski definition) is 4. The van der Waals surface area contributed by atoms with Crippen LogP contribution in [0.2, 0.25) is 0 Å². The summed E-state index contributed by atoms with van der Waals surface area (Å²) in [5, 5.41) is 3.52. The Morgan fingerprint density at radius 2 is 2.29 bits per heavy atom. The molecule has 2 bridgehead atoms. The predicted octanol–water partition coefficient (Wildman–Crippen LogP) is 1.58. The highest BCUT2D eigenvalue weighted by atomic mass is 32.1. The number of carbonyl (C=O) groups excluding carboxylic acids is 1. The Morgan fingerprint density at radius 1 is 1.57 bits per heavy atom. The van der Waals surface area contributed by atoms with Crippen LogP contribution in [-0.4, -0.2) is 35.9 Å². The smallest absolute Gasteiger partial charge is 0.317 e. The number of hydrogen-bond donors (Lipinski definition) is 1. The van der Waals surface area contributed by atoms with E-state index >= 15 is 0 Å². The third-order valence-corrected chi connectivity index (χ3v) is 4.63. The first-order chi connectivity index (χ1) is 9.88. The van der Waals surface area contributed by atoms with E-state index in [0.717, 1.165) is 0 Å². The Labute approximate surface area is 127 Å². The maximum atomic E-state index is 13.6. The van der Waals surface area contributed by atoms with Gasteiger partial charge in [0.15, 0.2) is 10.8 Å². The monoisotopic (exact) mass is 310 g/mol. The number of nitrogens with zero attached hydrogens (tertiary/aromatic N) is 1. The molecule has 0 radical (unpaired) electrons. The molecule has 0 aliphatic carbocycles. The van der Waals surface area contributed by atoms with Gasteiger partial charge in [0.1, 0.15) is 17.5 Å². The van der Waals surface area contributed by atoms with E-state index in [9.17, 15) is 9.18 Å². The quantitative estimate of drug-likeness (QED) is 0.628. The summed E-state index contributed by atoms with van der Waals surface area (Å²) in [5.74, 6) is -0.949. The number of ether oxygens (including phenoxy) is 2. The first-order valence-electron chi connectivity index (χ1n) is 6.49. The molecule has 5 nitrogen and oxygen atoms in total. The number of esters is 1. The fourth-order valence-corrected chi connectivity index (χ4v) is 3.29. The molecule has 0 amide bonds. The average molecular weight is 310 g/mol. The normalized spacial score (nSPS) is 30.1. The lowest BCUT2D eigenvalue weighted by Gasteiger charge is -2.54. The Balaban J connectivity index is 2.19. The summed E-state index contributed by atoms with van der Waals surface area (Å²) in [6, 6.07) is 3.77. The molecule has 3 rings (SSSR count). The number of thiocarbonyl (C=S) groups is 1. The molecule has 3 unspecified atom stereocenters. The number of nitrogens with one attached hydrogen (secondary N) is 1. The first kappa shape index (κ1) is 14.1. The Morgan fingerprint density at radius 3 is 2.95 bits per heavy atom. The SMILES string of the molecule is COC(=O)C1C2NC(=S)N(C)C1(C)Oc1ccc(F)cc12. The van der Waals surface area contributed by atoms with Crippen LogP contribution < -0.4 is 10.1 Å². The lowest BCUT2D eigenvalue weighted by molar-refractivity contribution is -0.170. The number of carbonyl (C=O) groups is 1. The van der Waals surface area contributed by atoms with Gasteiger partial charge >= 0.3 is 5.97 Å². The van der Waals surface area contributed by atoms with E-state index in [-0.39, 0.29) is 0 Å². The standard InChI is InChI=1S/C14H15FN2O3S/c1-14-10(12(18)19-3)11(16-13(21)17(14)2)8-6-7(15)4-5-9(8)20-14/h4-6,10-11H,1-3H3,(H,16,21). The van der Waals surface area contributed by atoms with E-state index in [0.29, 0.717) is 16.4 Å². The van der Waals surface area contributed by atoms with Crippen molar-refractivity contribution in [1.29, 1.82) is 0 Å². The molecule has 0 spiro atoms. The van der Waals surface area contributed by atoms with Gasteiger partial charge in [-0.2, -0.15) is 0 Å². The van der Waals surface area contributed by atoms with Crippen molar-refractivity contribution in [2.75, 3.05) is 14.2 Å². The second kappa shape index (κ2) is 4.56. The van der Waals surface area contributed by atoms with Crippen molar-refractivity contribution < 1.29 is 18.7 Å². The van der Waals surface area contributed by atoms with Gasteiger partial charge in [-0.15, -0.1) is 0 Å². The number of fused-ring (bicyclic) bond motifs is 4. The molecule has 112 valence electrons. The van der Waals surface area contributed by atoms with Crippen LogP contribution in [0.4, 0.5) is 4.39 Å². The van der Waals surface area contributed by atoms with Crippen LogP contribution >= 0.6 is 12.2 Å². The Bertz CT molecular complexity index is 639. The number of halogens is 1. The van der Waals surface area contributed by atoms with Crippen molar-refractivity contribution in [2.45, 2.75) is 18.7 Å². The van der Waals surface area contributed by atoms with Crippen molar-refractivity contribution in [2.24, 2.45) is 5.92 Å². The number of methoxy groups -OCH3 is 1. The van der Waals surface area contributed by atoms with Crippen LogP contribution in [0.25, 0.3) is 0 Å². The van der Waals surface area contributed by atoms with Gasteiger partial charge in [0.2, 0.25) is 0 Å². The van der Waals surface area contributed by atoms with E-state index < -0.39 is 29.5 Å². The van der Waals surface area contributed by atoms with Gasteiger partial charge in [-0.25, -0.2) is 4.39 Å². The lowest BCUT2D eigenvalue weighted by Crippen LogP contribution is -2.70. The fourth-order valence-electron chi connectivity index (χ4n) is 2.98. The van der Waals surface area contributed by atoms with E-state index in [1.54, 1.807) is 24.9 Å². The summed E-state index contributed by atoms with van der Waals surface area (Å²) in [4.78, 5) is 13.9. The van der Waals surface area contributed by atoms with Crippen molar-refractivity contribution in [3.63, 3.8) is 0 Å². The van der Waals surface area contributed by atoms with Gasteiger partial charge in [0, 0.05) is 12.6 Å². The van der Waals surface area contributed by atoms with Gasteiger partial charge in [0.25, 0.3) is 0 Å². The minimum Gasteiger partial charge on any atom is -0.469 e. The minimum atomic E-state index is -0.981. The van der Waals surface area contributed by atoms with Crippen molar-refractivity contribution >= 4 is 23.3 Å². The van der Waals surface area contributed by atoms with E-state index in [1.807, 2.05) is 0 Å². The molecule has 0 aromatic heterocycles. The molecule has 1 saturated heterocycles. The third kappa shape index (κ3) is 1.87. The molecule has 7 heteroatoms. The predicted molar refractivity (Wildman–Crippen MR) is 77.2 cm³/mol. The summed E-state index contributed by atoms with van der Waals surface area (Å²) in [7, 11) is 3.07. The highest BCUT2D eigenvalue weighted by molar-refractivity contribution is 7.80. The first-order valence-corrected chi connectivity index (χ1v) is 6.90. The molecule has 1 N–H and O–H groups in total. The molecular formula is C14H15FN2O3S. The lowest BCUT2D eigenvalue weighted by atomic mass is 9.80. The van der Waals surface area contributed by atoms with Crippen LogP contribution in [0.15, 0.2) is 18.2 Å². The highest BCUT2D eigenvalue weighted by Crippen LogP contribution is 2.48. The van der Waals surface area contributed by atoms with Gasteiger partial charge in [-0.05, 0) is 37.3 Å². The fraction of sp³-hybridized carbons (Fsp3) is 0.429. The molecule has 2 heterocycles. The zero-order valence-electron chi connectivity index (χ0n) is 11.8. The zero-order chi connectivity index (χ0) is 15.4. The van der Waals surface area contributed by atoms with Gasteiger partial charge in [0.05, 0.1) is 13.2 Å². The van der Waals surface area contributed by atoms with Gasteiger partial charge in [-0.3, -0.25) is 4.79 Å². The molecule has 1 fully saturated rings. The summed E-state index contributed by atoms with van der Waals surface area (Å²) < 4.78 is 24.4. The van der Waals surface area contributed by atoms with Crippen LogP contribution in [0.3, 0.4) is 0 Å². The summed E-state index contributed by atoms with van der Waals surface area (Å²) in [6.07, 6.45) is 0. The molecule has 3 atom stereocenters.